The van der Waals surface area contributed by atoms with Gasteiger partial charge in [0.1, 0.15) is 5.03 Å². The fourth-order valence-electron chi connectivity index (χ4n) is 1.41. The molecular weight excluding hydrogens is 254 g/mol. The monoisotopic (exact) mass is 266 g/mol. The third-order valence-electron chi connectivity index (χ3n) is 2.20. The number of hydrogen-bond acceptors (Lipinski definition) is 3. The number of halogens is 2. The maximum atomic E-state index is 13.6. The van der Waals surface area contributed by atoms with Crippen molar-refractivity contribution in [1.29, 1.82) is 0 Å². The molecule has 0 aliphatic carbocycles. The van der Waals surface area contributed by atoms with Crippen molar-refractivity contribution in [3.05, 3.63) is 48.0 Å². The lowest BCUT2D eigenvalue weighted by Crippen LogP contribution is -2.04. The molecule has 0 unspecified atom stereocenters. The van der Waals surface area contributed by atoms with Gasteiger partial charge in [-0.15, -0.1) is 0 Å². The van der Waals surface area contributed by atoms with Crippen LogP contribution in [0.4, 0.5) is 14.6 Å². The van der Waals surface area contributed by atoms with Gasteiger partial charge in [0, 0.05) is 17.5 Å². The van der Waals surface area contributed by atoms with E-state index in [0.717, 1.165) is 11.0 Å². The molecule has 18 heavy (non-hydrogen) atoms. The fourth-order valence-corrected chi connectivity index (χ4v) is 2.22. The molecule has 0 aliphatic heterocycles. The summed E-state index contributed by atoms with van der Waals surface area (Å²) in [5, 5.41) is 2.93. The Bertz CT molecular complexity index is 532. The molecule has 0 saturated carbocycles. The van der Waals surface area contributed by atoms with Crippen LogP contribution in [-0.4, -0.2) is 11.5 Å². The average Bonchev–Trinajstić information content (AvgIpc) is 2.37. The van der Waals surface area contributed by atoms with Gasteiger partial charge < -0.3 is 5.32 Å². The van der Waals surface area contributed by atoms with Gasteiger partial charge >= 0.3 is 0 Å². The van der Waals surface area contributed by atoms with Gasteiger partial charge in [0.05, 0.1) is 0 Å². The fraction of sp³-hybridized carbons (Fsp3) is 0.154. The summed E-state index contributed by atoms with van der Waals surface area (Å²) in [7, 11) is 0. The Kier molecular flexibility index (Phi) is 4.15. The van der Waals surface area contributed by atoms with Crippen LogP contribution >= 0.6 is 11.8 Å². The highest BCUT2D eigenvalue weighted by atomic mass is 32.2. The van der Waals surface area contributed by atoms with Gasteiger partial charge in [-0.1, -0.05) is 30.0 Å². The van der Waals surface area contributed by atoms with E-state index in [2.05, 4.69) is 10.3 Å². The molecule has 5 heteroatoms. The molecule has 2 rings (SSSR count). The Morgan fingerprint density at radius 3 is 2.56 bits per heavy atom. The second kappa shape index (κ2) is 5.82. The average molecular weight is 266 g/mol. The van der Waals surface area contributed by atoms with Crippen LogP contribution in [0, 0.1) is 11.6 Å². The normalized spacial score (nSPS) is 10.4. The van der Waals surface area contributed by atoms with E-state index in [1.165, 1.54) is 11.8 Å². The van der Waals surface area contributed by atoms with E-state index in [0.29, 0.717) is 6.54 Å². The maximum absolute atomic E-state index is 13.6. The second-order valence-electron chi connectivity index (χ2n) is 3.55. The molecule has 2 aromatic rings. The number of anilines is 1. The van der Waals surface area contributed by atoms with Crippen LogP contribution in [0.5, 0.6) is 0 Å². The lowest BCUT2D eigenvalue weighted by atomic mass is 10.4. The molecule has 1 aromatic heterocycles. The molecule has 1 N–H and O–H groups in total. The van der Waals surface area contributed by atoms with Crippen molar-refractivity contribution in [2.75, 3.05) is 11.9 Å². The summed E-state index contributed by atoms with van der Waals surface area (Å²) in [4.78, 5) is 4.82. The molecule has 0 amide bonds. The molecule has 0 radical (unpaired) electrons. The van der Waals surface area contributed by atoms with E-state index < -0.39 is 11.6 Å². The standard InChI is InChI=1S/C13H12F2N2S/c1-2-16-12-10(14)8-11(15)13(17-12)18-9-6-4-3-5-7-9/h3-8H,2H2,1H3,(H,16,17). The topological polar surface area (TPSA) is 24.9 Å². The van der Waals surface area contributed by atoms with Gasteiger partial charge in [-0.05, 0) is 19.1 Å². The van der Waals surface area contributed by atoms with Crippen LogP contribution in [0.1, 0.15) is 6.92 Å². The van der Waals surface area contributed by atoms with E-state index in [1.54, 1.807) is 0 Å². The summed E-state index contributed by atoms with van der Waals surface area (Å²) in [5.41, 5.74) is 0. The number of rotatable bonds is 4. The first-order valence-corrected chi connectivity index (χ1v) is 6.35. The molecular formula is C13H12F2N2S. The van der Waals surface area contributed by atoms with Crippen molar-refractivity contribution in [2.24, 2.45) is 0 Å². The van der Waals surface area contributed by atoms with Gasteiger partial charge in [-0.2, -0.15) is 0 Å². The second-order valence-corrected chi connectivity index (χ2v) is 4.61. The largest absolute Gasteiger partial charge is 0.368 e. The zero-order valence-corrected chi connectivity index (χ0v) is 10.6. The molecule has 0 fully saturated rings. The van der Waals surface area contributed by atoms with E-state index in [4.69, 9.17) is 0 Å². The first-order valence-electron chi connectivity index (χ1n) is 5.53. The van der Waals surface area contributed by atoms with Crippen molar-refractivity contribution in [2.45, 2.75) is 16.8 Å². The zero-order chi connectivity index (χ0) is 13.0. The van der Waals surface area contributed by atoms with E-state index >= 15 is 0 Å². The summed E-state index contributed by atoms with van der Waals surface area (Å²) in [6.07, 6.45) is 0. The van der Waals surface area contributed by atoms with Crippen LogP contribution in [0.3, 0.4) is 0 Å². The molecule has 2 nitrogen and oxygen atoms in total. The minimum atomic E-state index is -0.674. The van der Waals surface area contributed by atoms with Gasteiger partial charge in [-0.25, -0.2) is 13.8 Å². The number of nitrogens with zero attached hydrogens (tertiary/aromatic N) is 1. The number of aromatic nitrogens is 1. The molecule has 0 atom stereocenters. The number of nitrogens with one attached hydrogen (secondary N) is 1. The highest BCUT2D eigenvalue weighted by molar-refractivity contribution is 7.99. The predicted molar refractivity (Wildman–Crippen MR) is 68.9 cm³/mol. The molecule has 0 bridgehead atoms. The van der Waals surface area contributed by atoms with Gasteiger partial charge in [0.25, 0.3) is 0 Å². The third kappa shape index (κ3) is 2.98. The van der Waals surface area contributed by atoms with Crippen LogP contribution < -0.4 is 5.32 Å². The summed E-state index contributed by atoms with van der Waals surface area (Å²) >= 11 is 1.17. The van der Waals surface area contributed by atoms with Gasteiger partial charge in [-0.3, -0.25) is 0 Å². The molecule has 1 aromatic carbocycles. The summed E-state index contributed by atoms with van der Waals surface area (Å²) < 4.78 is 27.0. The summed E-state index contributed by atoms with van der Waals surface area (Å²) in [6, 6.07) is 10.1. The molecule has 0 saturated heterocycles. The molecule has 0 aliphatic rings. The van der Waals surface area contributed by atoms with Crippen LogP contribution in [0.15, 0.2) is 46.3 Å². The molecule has 94 valence electrons. The minimum absolute atomic E-state index is 0.0809. The maximum Gasteiger partial charge on any atom is 0.168 e. The lowest BCUT2D eigenvalue weighted by molar-refractivity contribution is 0.551. The van der Waals surface area contributed by atoms with Gasteiger partial charge in [0.2, 0.25) is 0 Å². The first kappa shape index (κ1) is 12.8. The van der Waals surface area contributed by atoms with Crippen molar-refractivity contribution in [3.63, 3.8) is 0 Å². The van der Waals surface area contributed by atoms with E-state index in [-0.39, 0.29) is 10.8 Å². The highest BCUT2D eigenvalue weighted by Crippen LogP contribution is 2.29. The summed E-state index contributed by atoms with van der Waals surface area (Å²) in [6.45, 7) is 2.36. The van der Waals surface area contributed by atoms with Crippen molar-refractivity contribution < 1.29 is 8.78 Å². The Labute approximate surface area is 108 Å². The van der Waals surface area contributed by atoms with E-state index in [1.807, 2.05) is 37.3 Å². The quantitative estimate of drug-likeness (QED) is 0.907. The Morgan fingerprint density at radius 2 is 1.89 bits per heavy atom. The SMILES string of the molecule is CCNc1nc(Sc2ccccc2)c(F)cc1F. The minimum Gasteiger partial charge on any atom is -0.368 e. The highest BCUT2D eigenvalue weighted by Gasteiger charge is 2.12. The number of benzene rings is 1. The van der Waals surface area contributed by atoms with Crippen LogP contribution in [0.2, 0.25) is 0 Å². The smallest absolute Gasteiger partial charge is 0.168 e. The Morgan fingerprint density at radius 1 is 1.17 bits per heavy atom. The predicted octanol–water partition coefficient (Wildman–Crippen LogP) is 3.94. The Balaban J connectivity index is 2.30. The zero-order valence-electron chi connectivity index (χ0n) is 9.78. The number of hydrogen-bond donors (Lipinski definition) is 1. The molecule has 1 heterocycles. The van der Waals surface area contributed by atoms with E-state index in [9.17, 15) is 8.78 Å². The van der Waals surface area contributed by atoms with Crippen molar-refractivity contribution in [1.82, 2.24) is 4.98 Å². The first-order chi connectivity index (χ1) is 8.70. The molecule has 0 spiro atoms. The van der Waals surface area contributed by atoms with Crippen LogP contribution in [-0.2, 0) is 0 Å². The number of pyridine rings is 1. The lowest BCUT2D eigenvalue weighted by Gasteiger charge is -2.07. The summed E-state index contributed by atoms with van der Waals surface area (Å²) in [5.74, 6) is -1.24. The van der Waals surface area contributed by atoms with Crippen LogP contribution in [0.25, 0.3) is 0 Å². The van der Waals surface area contributed by atoms with Gasteiger partial charge in [0.15, 0.2) is 17.5 Å². The van der Waals surface area contributed by atoms with Crippen molar-refractivity contribution >= 4 is 17.6 Å². The Hall–Kier alpha value is -1.62. The van der Waals surface area contributed by atoms with Crippen molar-refractivity contribution in [3.8, 4) is 0 Å². The third-order valence-corrected chi connectivity index (χ3v) is 3.19.